The minimum absolute atomic E-state index is 0.0223. The summed E-state index contributed by atoms with van der Waals surface area (Å²) in [5, 5.41) is 9.96. The van der Waals surface area contributed by atoms with Crippen LogP contribution in [-0.4, -0.2) is 52.3 Å². The van der Waals surface area contributed by atoms with Gasteiger partial charge in [-0.1, -0.05) is 18.2 Å². The molecule has 13 heteroatoms. The highest BCUT2D eigenvalue weighted by Crippen LogP contribution is 2.48. The number of carboxylic acid groups (broad SMARTS) is 1. The van der Waals surface area contributed by atoms with E-state index in [2.05, 4.69) is 16.6 Å². The Balaban J connectivity index is 0.000000572. The Morgan fingerprint density at radius 3 is 2.14 bits per heavy atom. The fourth-order valence-corrected chi connectivity index (χ4v) is 4.41. The Bertz CT molecular complexity index is 1210. The lowest BCUT2D eigenvalue weighted by Gasteiger charge is -2.16. The standard InChI is InChI=1S/C21H24N2O5S.C2HF3O2/c1-4-13-22-20(24)21(11-12-21)15-5-7-16(8-6-15)23-29(25,26)19-14-17(27-2)9-10-18(19)28-3;3-2(4,5)1(6)7/h4-10,14,23H,1,11-13H2,2-3H3,(H,22,24);(H,6,7). The molecule has 1 saturated carbocycles. The fraction of sp³-hybridized carbons (Fsp3) is 0.304. The number of benzene rings is 2. The normalized spacial score (nSPS) is 13.9. The first-order chi connectivity index (χ1) is 16.8. The highest BCUT2D eigenvalue weighted by molar-refractivity contribution is 7.92. The topological polar surface area (TPSA) is 131 Å². The van der Waals surface area contributed by atoms with Gasteiger partial charge in [0.05, 0.1) is 19.6 Å². The van der Waals surface area contributed by atoms with Crippen LogP contribution in [0.3, 0.4) is 0 Å². The number of sulfonamides is 1. The summed E-state index contributed by atoms with van der Waals surface area (Å²) in [6.07, 6.45) is -1.91. The van der Waals surface area contributed by atoms with Crippen molar-refractivity contribution in [2.45, 2.75) is 29.3 Å². The van der Waals surface area contributed by atoms with Gasteiger partial charge in [0.15, 0.2) is 0 Å². The molecule has 3 rings (SSSR count). The zero-order chi connectivity index (χ0) is 27.1. The summed E-state index contributed by atoms with van der Waals surface area (Å²) in [7, 11) is -1.03. The molecule has 0 atom stereocenters. The molecule has 0 bridgehead atoms. The first kappa shape index (κ1) is 28.5. The smallest absolute Gasteiger partial charge is 0.490 e. The SMILES string of the molecule is C=CCNC(=O)C1(c2ccc(NS(=O)(=O)c3cc(OC)ccc3OC)cc2)CC1.O=C(O)C(F)(F)F. The fourth-order valence-electron chi connectivity index (χ4n) is 3.17. The first-order valence-corrected chi connectivity index (χ1v) is 11.8. The third kappa shape index (κ3) is 6.90. The van der Waals surface area contributed by atoms with Gasteiger partial charge in [-0.15, -0.1) is 6.58 Å². The summed E-state index contributed by atoms with van der Waals surface area (Å²) >= 11 is 0. The number of hydrogen-bond donors (Lipinski definition) is 3. The van der Waals surface area contributed by atoms with Crippen molar-refractivity contribution < 1.29 is 45.8 Å². The number of anilines is 1. The molecule has 1 amide bonds. The van der Waals surface area contributed by atoms with Gasteiger partial charge >= 0.3 is 12.1 Å². The van der Waals surface area contributed by atoms with E-state index in [1.54, 1.807) is 36.4 Å². The van der Waals surface area contributed by atoms with Gasteiger partial charge in [0.2, 0.25) is 5.91 Å². The molecule has 0 spiro atoms. The predicted molar refractivity (Wildman–Crippen MR) is 125 cm³/mol. The van der Waals surface area contributed by atoms with Crippen molar-refractivity contribution in [3.8, 4) is 11.5 Å². The van der Waals surface area contributed by atoms with Crippen LogP contribution in [0, 0.1) is 0 Å². The quantitative estimate of drug-likeness (QED) is 0.423. The maximum Gasteiger partial charge on any atom is 0.490 e. The first-order valence-electron chi connectivity index (χ1n) is 10.4. The average molecular weight is 531 g/mol. The number of carbonyl (C=O) groups excluding carboxylic acids is 1. The van der Waals surface area contributed by atoms with Crippen molar-refractivity contribution in [3.63, 3.8) is 0 Å². The molecular formula is C23H25F3N2O7S. The number of carbonyl (C=O) groups is 2. The minimum Gasteiger partial charge on any atom is -0.497 e. The lowest BCUT2D eigenvalue weighted by molar-refractivity contribution is -0.192. The van der Waals surface area contributed by atoms with Gasteiger partial charge in [-0.05, 0) is 42.7 Å². The van der Waals surface area contributed by atoms with Gasteiger partial charge in [-0.3, -0.25) is 9.52 Å². The number of rotatable bonds is 9. The van der Waals surface area contributed by atoms with Gasteiger partial charge in [-0.2, -0.15) is 13.2 Å². The van der Waals surface area contributed by atoms with Gasteiger partial charge in [0.1, 0.15) is 16.4 Å². The van der Waals surface area contributed by atoms with Crippen LogP contribution in [0.25, 0.3) is 0 Å². The summed E-state index contributed by atoms with van der Waals surface area (Å²) in [6, 6.07) is 11.4. The molecule has 36 heavy (non-hydrogen) atoms. The van der Waals surface area contributed by atoms with Crippen LogP contribution in [0.2, 0.25) is 0 Å². The van der Waals surface area contributed by atoms with Gasteiger partial charge in [0.25, 0.3) is 10.0 Å². The Hall–Kier alpha value is -3.74. The number of ether oxygens (including phenoxy) is 2. The molecule has 0 radical (unpaired) electrons. The molecule has 0 heterocycles. The molecule has 0 unspecified atom stereocenters. The van der Waals surface area contributed by atoms with Gasteiger partial charge in [-0.25, -0.2) is 13.2 Å². The molecule has 3 N–H and O–H groups in total. The molecule has 2 aromatic rings. The van der Waals surface area contributed by atoms with Crippen LogP contribution in [0.15, 0.2) is 60.0 Å². The molecule has 9 nitrogen and oxygen atoms in total. The molecule has 0 aromatic heterocycles. The third-order valence-corrected chi connectivity index (χ3v) is 6.59. The zero-order valence-electron chi connectivity index (χ0n) is 19.4. The second-order valence-corrected chi connectivity index (χ2v) is 9.23. The van der Waals surface area contributed by atoms with E-state index in [4.69, 9.17) is 19.4 Å². The molecule has 196 valence electrons. The van der Waals surface area contributed by atoms with E-state index in [1.807, 2.05) is 0 Å². The van der Waals surface area contributed by atoms with E-state index in [9.17, 15) is 26.4 Å². The predicted octanol–water partition coefficient (Wildman–Crippen LogP) is 3.47. The van der Waals surface area contributed by atoms with E-state index in [0.29, 0.717) is 18.0 Å². The van der Waals surface area contributed by atoms with E-state index < -0.39 is 27.6 Å². The van der Waals surface area contributed by atoms with Crippen LogP contribution in [0.4, 0.5) is 18.9 Å². The largest absolute Gasteiger partial charge is 0.497 e. The molecule has 1 fully saturated rings. The maximum atomic E-state index is 12.8. The highest BCUT2D eigenvalue weighted by atomic mass is 32.2. The van der Waals surface area contributed by atoms with Crippen LogP contribution in [-0.2, 0) is 25.0 Å². The summed E-state index contributed by atoms with van der Waals surface area (Å²) in [5.41, 5.74) is 0.720. The van der Waals surface area contributed by atoms with E-state index >= 15 is 0 Å². The molecule has 0 saturated heterocycles. The lowest BCUT2D eigenvalue weighted by Crippen LogP contribution is -2.34. The van der Waals surface area contributed by atoms with Crippen molar-refractivity contribution in [2.75, 3.05) is 25.5 Å². The van der Waals surface area contributed by atoms with Crippen molar-refractivity contribution in [2.24, 2.45) is 0 Å². The number of aliphatic carboxylic acids is 1. The highest BCUT2D eigenvalue weighted by Gasteiger charge is 2.51. The van der Waals surface area contributed by atoms with Crippen LogP contribution in [0.5, 0.6) is 11.5 Å². The van der Waals surface area contributed by atoms with E-state index in [0.717, 1.165) is 18.4 Å². The Morgan fingerprint density at radius 1 is 1.11 bits per heavy atom. The summed E-state index contributed by atoms with van der Waals surface area (Å²) in [5.74, 6) is -2.17. The van der Waals surface area contributed by atoms with E-state index in [-0.39, 0.29) is 16.6 Å². The number of halogens is 3. The molecule has 1 aliphatic carbocycles. The van der Waals surface area contributed by atoms with Gasteiger partial charge < -0.3 is 19.9 Å². The lowest BCUT2D eigenvalue weighted by atomic mass is 9.95. The second kappa shape index (κ2) is 11.3. The van der Waals surface area contributed by atoms with E-state index in [1.165, 1.54) is 26.4 Å². The number of nitrogens with one attached hydrogen (secondary N) is 2. The van der Waals surface area contributed by atoms with Crippen LogP contribution >= 0.6 is 0 Å². The maximum absolute atomic E-state index is 12.8. The Labute approximate surface area is 206 Å². The molecule has 1 aliphatic rings. The average Bonchev–Trinajstić information content (AvgIpc) is 3.64. The number of hydrogen-bond acceptors (Lipinski definition) is 6. The number of alkyl halides is 3. The second-order valence-electron chi connectivity index (χ2n) is 7.58. The Kier molecular flexibility index (Phi) is 8.97. The molecular weight excluding hydrogens is 505 g/mol. The summed E-state index contributed by atoms with van der Waals surface area (Å²) in [6.45, 7) is 4.02. The molecule has 2 aromatic carbocycles. The van der Waals surface area contributed by atoms with Crippen molar-refractivity contribution in [3.05, 3.63) is 60.7 Å². The van der Waals surface area contributed by atoms with Gasteiger partial charge in [0, 0.05) is 18.3 Å². The zero-order valence-corrected chi connectivity index (χ0v) is 20.2. The number of amides is 1. The van der Waals surface area contributed by atoms with Crippen molar-refractivity contribution in [1.29, 1.82) is 0 Å². The van der Waals surface area contributed by atoms with Crippen molar-refractivity contribution in [1.82, 2.24) is 5.32 Å². The summed E-state index contributed by atoms with van der Waals surface area (Å²) < 4.78 is 70.3. The summed E-state index contributed by atoms with van der Waals surface area (Å²) in [4.78, 5) is 21.3. The Morgan fingerprint density at radius 2 is 1.69 bits per heavy atom. The monoisotopic (exact) mass is 530 g/mol. The third-order valence-electron chi connectivity index (χ3n) is 5.18. The molecule has 0 aliphatic heterocycles. The minimum atomic E-state index is -5.08. The van der Waals surface area contributed by atoms with Crippen LogP contribution in [0.1, 0.15) is 18.4 Å². The number of carboxylic acids is 1. The number of methoxy groups -OCH3 is 2. The van der Waals surface area contributed by atoms with Crippen LogP contribution < -0.4 is 19.5 Å². The van der Waals surface area contributed by atoms with Crippen molar-refractivity contribution >= 4 is 27.6 Å².